The summed E-state index contributed by atoms with van der Waals surface area (Å²) in [4.78, 5) is 21.0. The Hall–Kier alpha value is -1.83. The van der Waals surface area contributed by atoms with E-state index in [0.717, 1.165) is 64.5 Å². The number of hydrogen-bond donors (Lipinski definition) is 1. The predicted octanol–water partition coefficient (Wildman–Crippen LogP) is 6.43. The third-order valence-corrected chi connectivity index (χ3v) is 9.46. The summed E-state index contributed by atoms with van der Waals surface area (Å²) in [6.45, 7) is 15.6. The van der Waals surface area contributed by atoms with Gasteiger partial charge in [-0.3, -0.25) is 14.6 Å². The van der Waals surface area contributed by atoms with Gasteiger partial charge in [-0.25, -0.2) is 0 Å². The standard InChI is InChI=1S/C35H52N4O2.2ClH/c1-35(2,3)32-27-38(22-23-39(32)33(40)26-28-16-18-36-19-17-28)34(29-10-6-4-7-11-29)30-12-14-31(15-13-30)41-25-24-37-20-8-5-9-21-37;;/h4,6-7,10-15,28,32,34,36H,5,8-9,16-27H2,1-3H3;2*1H/t32-,34?;;/m1../s1. The Balaban J connectivity index is 0.00000253. The van der Waals surface area contributed by atoms with Crippen molar-refractivity contribution in [2.75, 3.05) is 59.0 Å². The van der Waals surface area contributed by atoms with Crippen LogP contribution in [0.2, 0.25) is 0 Å². The van der Waals surface area contributed by atoms with E-state index in [1.165, 1.54) is 43.5 Å². The SMILES string of the molecule is CC(C)(C)[C@H]1CN(C(c2ccccc2)c2ccc(OCCN3CCCCC3)cc2)CCN1C(=O)CC1CCNCC1.Cl.Cl. The van der Waals surface area contributed by atoms with Crippen LogP contribution in [-0.4, -0.2) is 85.6 Å². The highest BCUT2D eigenvalue weighted by atomic mass is 35.5. The molecule has 2 aromatic rings. The first-order valence-electron chi connectivity index (χ1n) is 16.1. The highest BCUT2D eigenvalue weighted by molar-refractivity contribution is 5.85. The fraction of sp³-hybridized carbons (Fsp3) is 0.629. The van der Waals surface area contributed by atoms with Crippen molar-refractivity contribution in [1.29, 1.82) is 0 Å². The van der Waals surface area contributed by atoms with E-state index in [4.69, 9.17) is 4.74 Å². The number of nitrogens with zero attached hydrogens (tertiary/aromatic N) is 3. The maximum absolute atomic E-state index is 13.6. The van der Waals surface area contributed by atoms with Gasteiger partial charge in [0.15, 0.2) is 0 Å². The van der Waals surface area contributed by atoms with Crippen LogP contribution in [0.25, 0.3) is 0 Å². The van der Waals surface area contributed by atoms with Crippen LogP contribution < -0.4 is 10.1 Å². The van der Waals surface area contributed by atoms with E-state index < -0.39 is 0 Å². The first-order chi connectivity index (χ1) is 19.9. The average molecular weight is 634 g/mol. The van der Waals surface area contributed by atoms with Crippen LogP contribution in [0.1, 0.15) is 76.5 Å². The molecule has 0 spiro atoms. The van der Waals surface area contributed by atoms with E-state index >= 15 is 0 Å². The minimum Gasteiger partial charge on any atom is -0.492 e. The predicted molar refractivity (Wildman–Crippen MR) is 182 cm³/mol. The van der Waals surface area contributed by atoms with Gasteiger partial charge in [-0.15, -0.1) is 24.8 Å². The van der Waals surface area contributed by atoms with E-state index in [9.17, 15) is 4.79 Å². The summed E-state index contributed by atoms with van der Waals surface area (Å²) in [6, 6.07) is 19.9. The number of halogens is 2. The molecule has 0 aromatic heterocycles. The molecule has 5 rings (SSSR count). The van der Waals surface area contributed by atoms with Gasteiger partial charge in [0, 0.05) is 38.6 Å². The van der Waals surface area contributed by atoms with Crippen LogP contribution in [0.4, 0.5) is 0 Å². The summed E-state index contributed by atoms with van der Waals surface area (Å²) < 4.78 is 6.16. The van der Waals surface area contributed by atoms with Crippen LogP contribution in [0.5, 0.6) is 5.75 Å². The summed E-state index contributed by atoms with van der Waals surface area (Å²) in [5.74, 6) is 1.80. The second-order valence-corrected chi connectivity index (χ2v) is 13.5. The van der Waals surface area contributed by atoms with Crippen molar-refractivity contribution in [3.63, 3.8) is 0 Å². The van der Waals surface area contributed by atoms with Crippen molar-refractivity contribution >= 4 is 30.7 Å². The van der Waals surface area contributed by atoms with Gasteiger partial charge < -0.3 is 15.0 Å². The van der Waals surface area contributed by atoms with E-state index in [1.54, 1.807) is 0 Å². The number of nitrogens with one attached hydrogen (secondary N) is 1. The molecule has 0 bridgehead atoms. The molecule has 3 aliphatic heterocycles. The average Bonchev–Trinajstić information content (AvgIpc) is 2.99. The topological polar surface area (TPSA) is 48.1 Å². The Labute approximate surface area is 272 Å². The number of carbonyl (C=O) groups is 1. The van der Waals surface area contributed by atoms with Gasteiger partial charge >= 0.3 is 0 Å². The van der Waals surface area contributed by atoms with Gasteiger partial charge in [-0.2, -0.15) is 0 Å². The molecule has 240 valence electrons. The molecule has 1 N–H and O–H groups in total. The number of likely N-dealkylation sites (tertiary alicyclic amines) is 1. The van der Waals surface area contributed by atoms with Gasteiger partial charge in [0.2, 0.25) is 5.91 Å². The van der Waals surface area contributed by atoms with E-state index in [0.29, 0.717) is 18.2 Å². The first-order valence-corrected chi connectivity index (χ1v) is 16.1. The molecule has 1 amide bonds. The number of ether oxygens (including phenoxy) is 1. The van der Waals surface area contributed by atoms with Crippen LogP contribution in [0, 0.1) is 11.3 Å². The van der Waals surface area contributed by atoms with Crippen LogP contribution >= 0.6 is 24.8 Å². The van der Waals surface area contributed by atoms with Crippen LogP contribution in [0.3, 0.4) is 0 Å². The third-order valence-electron chi connectivity index (χ3n) is 9.46. The summed E-state index contributed by atoms with van der Waals surface area (Å²) in [6.07, 6.45) is 6.90. The zero-order valence-electron chi connectivity index (χ0n) is 26.5. The quantitative estimate of drug-likeness (QED) is 0.345. The second-order valence-electron chi connectivity index (χ2n) is 13.5. The molecular weight excluding hydrogens is 579 g/mol. The molecule has 43 heavy (non-hydrogen) atoms. The lowest BCUT2D eigenvalue weighted by atomic mass is 9.82. The summed E-state index contributed by atoms with van der Waals surface area (Å²) in [7, 11) is 0. The molecule has 3 fully saturated rings. The van der Waals surface area contributed by atoms with Crippen molar-refractivity contribution in [1.82, 2.24) is 20.0 Å². The largest absolute Gasteiger partial charge is 0.492 e. The molecule has 0 aliphatic carbocycles. The summed E-state index contributed by atoms with van der Waals surface area (Å²) in [5, 5.41) is 3.44. The van der Waals surface area contributed by atoms with Gasteiger partial charge in [0.25, 0.3) is 0 Å². The number of benzene rings is 2. The zero-order chi connectivity index (χ0) is 28.7. The number of rotatable bonds is 9. The van der Waals surface area contributed by atoms with E-state index in [2.05, 4.69) is 95.4 Å². The number of amides is 1. The molecule has 0 saturated carbocycles. The molecule has 0 radical (unpaired) electrons. The van der Waals surface area contributed by atoms with Crippen molar-refractivity contribution in [3.8, 4) is 5.75 Å². The van der Waals surface area contributed by atoms with Gasteiger partial charge in [-0.05, 0) is 86.5 Å². The zero-order valence-corrected chi connectivity index (χ0v) is 28.1. The van der Waals surface area contributed by atoms with Crippen molar-refractivity contribution in [2.24, 2.45) is 11.3 Å². The lowest BCUT2D eigenvalue weighted by molar-refractivity contribution is -0.141. The van der Waals surface area contributed by atoms with Gasteiger partial charge in [0.1, 0.15) is 12.4 Å². The number of piperazine rings is 1. The molecule has 2 aromatic carbocycles. The Morgan fingerprint density at radius 2 is 1.53 bits per heavy atom. The Morgan fingerprint density at radius 1 is 0.884 bits per heavy atom. The Kier molecular flexibility index (Phi) is 14.1. The Bertz CT molecular complexity index is 1080. The lowest BCUT2D eigenvalue weighted by Gasteiger charge is -2.49. The minimum absolute atomic E-state index is 0. The minimum atomic E-state index is -0.00422. The number of carbonyl (C=O) groups excluding carboxylic acids is 1. The maximum atomic E-state index is 13.6. The van der Waals surface area contributed by atoms with Crippen molar-refractivity contribution in [2.45, 2.75) is 71.4 Å². The molecule has 3 aliphatic rings. The second kappa shape index (κ2) is 17.0. The lowest BCUT2D eigenvalue weighted by Crippen LogP contribution is -2.60. The van der Waals surface area contributed by atoms with Crippen molar-refractivity contribution < 1.29 is 9.53 Å². The molecule has 2 atom stereocenters. The van der Waals surface area contributed by atoms with Crippen LogP contribution in [0.15, 0.2) is 54.6 Å². The molecule has 3 saturated heterocycles. The highest BCUT2D eigenvalue weighted by Gasteiger charge is 2.40. The van der Waals surface area contributed by atoms with Crippen LogP contribution in [-0.2, 0) is 4.79 Å². The third kappa shape index (κ3) is 9.83. The monoisotopic (exact) mass is 632 g/mol. The first kappa shape index (κ1) is 35.6. The molecule has 6 nitrogen and oxygen atoms in total. The normalized spacial score (nSPS) is 21.4. The van der Waals surface area contributed by atoms with E-state index in [-0.39, 0.29) is 42.3 Å². The maximum Gasteiger partial charge on any atom is 0.223 e. The smallest absolute Gasteiger partial charge is 0.223 e. The molecule has 1 unspecified atom stereocenters. The summed E-state index contributed by atoms with van der Waals surface area (Å²) in [5.41, 5.74) is 2.57. The fourth-order valence-electron chi connectivity index (χ4n) is 7.00. The van der Waals surface area contributed by atoms with E-state index in [1.807, 2.05) is 0 Å². The molecular formula is C35H54Cl2N4O2. The number of piperidine rings is 2. The van der Waals surface area contributed by atoms with Gasteiger partial charge in [0.05, 0.1) is 6.04 Å². The van der Waals surface area contributed by atoms with Gasteiger partial charge in [-0.1, -0.05) is 69.7 Å². The number of hydrogen-bond acceptors (Lipinski definition) is 5. The molecule has 3 heterocycles. The fourth-order valence-corrected chi connectivity index (χ4v) is 7.00. The summed E-state index contributed by atoms with van der Waals surface area (Å²) >= 11 is 0. The molecule has 8 heteroatoms. The highest BCUT2D eigenvalue weighted by Crippen LogP contribution is 2.36. The van der Waals surface area contributed by atoms with Crippen molar-refractivity contribution in [3.05, 3.63) is 65.7 Å². The Morgan fingerprint density at radius 3 is 2.19 bits per heavy atom.